The smallest absolute Gasteiger partial charge is 0.254 e. The lowest BCUT2D eigenvalue weighted by Crippen LogP contribution is -2.39. The summed E-state index contributed by atoms with van der Waals surface area (Å²) < 4.78 is 1.80. The molecule has 2 aromatic carbocycles. The predicted molar refractivity (Wildman–Crippen MR) is 130 cm³/mol. The van der Waals surface area contributed by atoms with Gasteiger partial charge in [0.2, 0.25) is 5.91 Å². The minimum atomic E-state index is -0.0201. The van der Waals surface area contributed by atoms with Crippen molar-refractivity contribution in [3.8, 4) is 11.1 Å². The van der Waals surface area contributed by atoms with Crippen molar-refractivity contribution in [2.75, 3.05) is 23.3 Å². The number of aryl methyl sites for hydroxylation is 1. The first-order valence-electron chi connectivity index (χ1n) is 11.6. The third-order valence-electron chi connectivity index (χ3n) is 6.25. The molecule has 0 unspecified atom stereocenters. The van der Waals surface area contributed by atoms with Gasteiger partial charge in [0.25, 0.3) is 5.78 Å². The van der Waals surface area contributed by atoms with E-state index in [4.69, 9.17) is 0 Å². The number of piperidine rings is 1. The number of aromatic nitrogens is 4. The number of benzene rings is 2. The number of fused-ring (bicyclic) bond motifs is 1. The Morgan fingerprint density at radius 1 is 1.06 bits per heavy atom. The third kappa shape index (κ3) is 4.44. The van der Waals surface area contributed by atoms with Gasteiger partial charge in [0.05, 0.1) is 0 Å². The molecule has 0 radical (unpaired) electrons. The second-order valence-corrected chi connectivity index (χ2v) is 8.49. The molecule has 0 spiro atoms. The van der Waals surface area contributed by atoms with E-state index in [-0.39, 0.29) is 11.8 Å². The fourth-order valence-corrected chi connectivity index (χ4v) is 4.52. The van der Waals surface area contributed by atoms with Crippen LogP contribution < -0.4 is 10.2 Å². The van der Waals surface area contributed by atoms with Crippen molar-refractivity contribution in [1.29, 1.82) is 0 Å². The van der Waals surface area contributed by atoms with Crippen molar-refractivity contribution in [1.82, 2.24) is 19.6 Å². The van der Waals surface area contributed by atoms with E-state index in [2.05, 4.69) is 50.4 Å². The van der Waals surface area contributed by atoms with E-state index in [0.29, 0.717) is 5.78 Å². The molecule has 1 N–H and O–H groups in total. The molecule has 1 amide bonds. The van der Waals surface area contributed by atoms with Crippen molar-refractivity contribution in [3.63, 3.8) is 0 Å². The summed E-state index contributed by atoms with van der Waals surface area (Å²) in [4.78, 5) is 24.3. The molecular weight excluding hydrogens is 412 g/mol. The Labute approximate surface area is 193 Å². The van der Waals surface area contributed by atoms with Crippen molar-refractivity contribution in [2.45, 2.75) is 32.6 Å². The summed E-state index contributed by atoms with van der Waals surface area (Å²) in [6, 6.07) is 20.3. The second-order valence-electron chi connectivity index (χ2n) is 8.49. The predicted octanol–water partition coefficient (Wildman–Crippen LogP) is 4.60. The van der Waals surface area contributed by atoms with Crippen molar-refractivity contribution >= 4 is 23.2 Å². The Morgan fingerprint density at radius 2 is 1.82 bits per heavy atom. The fourth-order valence-electron chi connectivity index (χ4n) is 4.52. The van der Waals surface area contributed by atoms with Crippen LogP contribution in [-0.4, -0.2) is 38.6 Å². The minimum Gasteiger partial charge on any atom is -0.356 e. The Kier molecular flexibility index (Phi) is 6.02. The third-order valence-corrected chi connectivity index (χ3v) is 6.25. The van der Waals surface area contributed by atoms with Crippen LogP contribution in [0.4, 0.5) is 11.5 Å². The Morgan fingerprint density at radius 3 is 2.61 bits per heavy atom. The van der Waals surface area contributed by atoms with Crippen molar-refractivity contribution in [3.05, 3.63) is 72.7 Å². The maximum atomic E-state index is 13.1. The van der Waals surface area contributed by atoms with Crippen LogP contribution in [0.15, 0.2) is 67.0 Å². The number of carbonyl (C=O) groups is 1. The quantitative estimate of drug-likeness (QED) is 0.474. The molecule has 168 valence electrons. The summed E-state index contributed by atoms with van der Waals surface area (Å²) >= 11 is 0. The largest absolute Gasteiger partial charge is 0.356 e. The lowest BCUT2D eigenvalue weighted by molar-refractivity contribution is -0.120. The molecule has 0 aliphatic carbocycles. The highest BCUT2D eigenvalue weighted by atomic mass is 16.1. The standard InChI is InChI=1S/C26H28N6O/c1-2-8-21-17-24(32-26(29-21)27-18-28-32)31-15-13-20(14-16-31)25(33)30-23-12-7-6-11-22(23)19-9-4-3-5-10-19/h3-7,9-12,17-18,20H,2,8,13-16H2,1H3,(H,30,33). The summed E-state index contributed by atoms with van der Waals surface area (Å²) in [5.41, 5.74) is 4.03. The first kappa shape index (κ1) is 21.1. The monoisotopic (exact) mass is 440 g/mol. The van der Waals surface area contributed by atoms with Crippen LogP contribution in [0.5, 0.6) is 0 Å². The Balaban J connectivity index is 1.29. The summed E-state index contributed by atoms with van der Waals surface area (Å²) in [5.74, 6) is 1.71. The molecule has 4 aromatic rings. The zero-order chi connectivity index (χ0) is 22.6. The number of nitrogens with zero attached hydrogens (tertiary/aromatic N) is 5. The number of rotatable bonds is 6. The van der Waals surface area contributed by atoms with Gasteiger partial charge in [0.1, 0.15) is 12.1 Å². The number of para-hydroxylation sites is 1. The molecule has 3 heterocycles. The van der Waals surface area contributed by atoms with E-state index < -0.39 is 0 Å². The molecule has 1 fully saturated rings. The van der Waals surface area contributed by atoms with Crippen LogP contribution in [0.3, 0.4) is 0 Å². The van der Waals surface area contributed by atoms with Gasteiger partial charge in [-0.3, -0.25) is 4.79 Å². The lowest BCUT2D eigenvalue weighted by Gasteiger charge is -2.33. The van der Waals surface area contributed by atoms with Crippen LogP contribution in [0.25, 0.3) is 16.9 Å². The average molecular weight is 441 g/mol. The molecule has 33 heavy (non-hydrogen) atoms. The van der Waals surface area contributed by atoms with Gasteiger partial charge in [-0.15, -0.1) is 0 Å². The lowest BCUT2D eigenvalue weighted by atomic mass is 9.95. The van der Waals surface area contributed by atoms with Crippen LogP contribution in [0.2, 0.25) is 0 Å². The number of nitrogens with one attached hydrogen (secondary N) is 1. The van der Waals surface area contributed by atoms with Crippen molar-refractivity contribution < 1.29 is 4.79 Å². The first-order valence-corrected chi connectivity index (χ1v) is 11.6. The van der Waals surface area contributed by atoms with Gasteiger partial charge < -0.3 is 10.2 Å². The zero-order valence-electron chi connectivity index (χ0n) is 18.8. The van der Waals surface area contributed by atoms with E-state index >= 15 is 0 Å². The van der Waals surface area contributed by atoms with Crippen LogP contribution in [0, 0.1) is 5.92 Å². The first-order chi connectivity index (χ1) is 16.2. The summed E-state index contributed by atoms with van der Waals surface area (Å²) in [7, 11) is 0. The average Bonchev–Trinajstić information content (AvgIpc) is 3.33. The summed E-state index contributed by atoms with van der Waals surface area (Å²) in [6.45, 7) is 3.74. The molecule has 1 aliphatic rings. The SMILES string of the molecule is CCCc1cc(N2CCC(C(=O)Nc3ccccc3-c3ccccc3)CC2)n2ncnc2n1. The number of amides is 1. The van der Waals surface area contributed by atoms with Gasteiger partial charge >= 0.3 is 0 Å². The highest BCUT2D eigenvalue weighted by Crippen LogP contribution is 2.30. The van der Waals surface area contributed by atoms with Gasteiger partial charge in [0.15, 0.2) is 0 Å². The van der Waals surface area contributed by atoms with E-state index in [1.165, 1.54) is 0 Å². The maximum absolute atomic E-state index is 13.1. The van der Waals surface area contributed by atoms with Gasteiger partial charge in [-0.25, -0.2) is 4.98 Å². The number of carbonyl (C=O) groups excluding carboxylic acids is 1. The molecule has 2 aromatic heterocycles. The topological polar surface area (TPSA) is 75.4 Å². The summed E-state index contributed by atoms with van der Waals surface area (Å²) in [6.07, 6.45) is 5.08. The van der Waals surface area contributed by atoms with Crippen LogP contribution in [-0.2, 0) is 11.2 Å². The molecule has 1 aliphatic heterocycles. The number of hydrogen-bond donors (Lipinski definition) is 1. The Hall–Kier alpha value is -3.74. The van der Waals surface area contributed by atoms with E-state index in [0.717, 1.165) is 67.1 Å². The van der Waals surface area contributed by atoms with E-state index in [1.54, 1.807) is 10.8 Å². The molecule has 5 rings (SSSR count). The zero-order valence-corrected chi connectivity index (χ0v) is 18.8. The summed E-state index contributed by atoms with van der Waals surface area (Å²) in [5, 5.41) is 7.56. The normalized spacial score (nSPS) is 14.5. The molecule has 7 nitrogen and oxygen atoms in total. The molecule has 7 heteroatoms. The molecule has 1 saturated heterocycles. The highest BCUT2D eigenvalue weighted by molar-refractivity contribution is 5.96. The van der Waals surface area contributed by atoms with Gasteiger partial charge in [-0.1, -0.05) is 61.9 Å². The minimum absolute atomic E-state index is 0.0201. The highest BCUT2D eigenvalue weighted by Gasteiger charge is 2.27. The van der Waals surface area contributed by atoms with Crippen LogP contribution >= 0.6 is 0 Å². The maximum Gasteiger partial charge on any atom is 0.254 e. The molecule has 0 bridgehead atoms. The fraction of sp³-hybridized carbons (Fsp3) is 0.308. The van der Waals surface area contributed by atoms with E-state index in [9.17, 15) is 4.79 Å². The van der Waals surface area contributed by atoms with Gasteiger partial charge in [-0.05, 0) is 30.9 Å². The second kappa shape index (κ2) is 9.40. The number of anilines is 2. The van der Waals surface area contributed by atoms with Gasteiger partial charge in [0, 0.05) is 42.0 Å². The molecule has 0 atom stereocenters. The van der Waals surface area contributed by atoms with E-state index in [1.807, 2.05) is 42.5 Å². The molecule has 0 saturated carbocycles. The number of hydrogen-bond acceptors (Lipinski definition) is 5. The van der Waals surface area contributed by atoms with Gasteiger partial charge in [-0.2, -0.15) is 14.6 Å². The molecular formula is C26H28N6O. The van der Waals surface area contributed by atoms with Crippen LogP contribution in [0.1, 0.15) is 31.9 Å². The van der Waals surface area contributed by atoms with Crippen molar-refractivity contribution in [2.24, 2.45) is 5.92 Å². The Bertz CT molecular complexity index is 1240.